The van der Waals surface area contributed by atoms with E-state index in [0.29, 0.717) is 11.4 Å². The van der Waals surface area contributed by atoms with Gasteiger partial charge in [-0.1, -0.05) is 32.0 Å². The first-order valence-corrected chi connectivity index (χ1v) is 6.79. The number of benzene rings is 1. The van der Waals surface area contributed by atoms with Crippen LogP contribution in [0.1, 0.15) is 31.5 Å². The van der Waals surface area contributed by atoms with Crippen LogP contribution in [0.4, 0.5) is 11.6 Å². The second-order valence-electron chi connectivity index (χ2n) is 6.00. The molecule has 1 aromatic carbocycles. The summed E-state index contributed by atoms with van der Waals surface area (Å²) in [6.45, 7) is 4.62. The molecule has 1 aliphatic rings. The first-order valence-electron chi connectivity index (χ1n) is 6.79. The topological polar surface area (TPSA) is 37.8 Å². The van der Waals surface area contributed by atoms with Crippen LogP contribution in [0.2, 0.25) is 0 Å². The summed E-state index contributed by atoms with van der Waals surface area (Å²) in [4.78, 5) is 9.08. The number of rotatable bonds is 2. The summed E-state index contributed by atoms with van der Waals surface area (Å²) in [5.41, 5.74) is 3.91. The van der Waals surface area contributed by atoms with Crippen molar-refractivity contribution in [1.82, 2.24) is 9.97 Å². The van der Waals surface area contributed by atoms with Crippen molar-refractivity contribution < 1.29 is 0 Å². The first-order chi connectivity index (χ1) is 9.12. The number of anilines is 2. The van der Waals surface area contributed by atoms with Crippen LogP contribution in [0.15, 0.2) is 36.5 Å². The molecule has 1 aliphatic carbocycles. The van der Waals surface area contributed by atoms with Crippen molar-refractivity contribution in [2.75, 3.05) is 5.32 Å². The van der Waals surface area contributed by atoms with E-state index in [4.69, 9.17) is 0 Å². The third kappa shape index (κ3) is 2.75. The van der Waals surface area contributed by atoms with Crippen molar-refractivity contribution in [3.05, 3.63) is 47.8 Å². The number of hydrogen-bond acceptors (Lipinski definition) is 3. The molecule has 0 atom stereocenters. The number of nitrogens with zero attached hydrogens (tertiary/aromatic N) is 2. The Bertz CT molecular complexity index is 576. The highest BCUT2D eigenvalue weighted by Gasteiger charge is 2.26. The molecule has 0 amide bonds. The molecule has 98 valence electrons. The zero-order chi connectivity index (χ0) is 13.3. The average molecular weight is 253 g/mol. The van der Waals surface area contributed by atoms with Crippen molar-refractivity contribution in [2.45, 2.75) is 33.1 Å². The van der Waals surface area contributed by atoms with E-state index in [1.54, 1.807) is 0 Å². The molecule has 3 heteroatoms. The molecular formula is C16H19N3. The molecule has 1 N–H and O–H groups in total. The van der Waals surface area contributed by atoms with Crippen LogP contribution in [-0.4, -0.2) is 9.97 Å². The van der Waals surface area contributed by atoms with Crippen LogP contribution in [-0.2, 0) is 12.8 Å². The fourth-order valence-electron chi connectivity index (χ4n) is 2.58. The lowest BCUT2D eigenvalue weighted by molar-refractivity contribution is 0.311. The van der Waals surface area contributed by atoms with Crippen LogP contribution in [0.5, 0.6) is 0 Å². The summed E-state index contributed by atoms with van der Waals surface area (Å²) >= 11 is 0. The number of hydrogen-bond donors (Lipinski definition) is 1. The number of aromatic nitrogens is 2. The van der Waals surface area contributed by atoms with Crippen molar-refractivity contribution in [2.24, 2.45) is 5.41 Å². The SMILES string of the molecule is CC1(C)CCc2nc(Nc3ccccc3)ncc2C1. The third-order valence-corrected chi connectivity index (χ3v) is 3.69. The van der Waals surface area contributed by atoms with Gasteiger partial charge in [0.15, 0.2) is 0 Å². The Hall–Kier alpha value is -1.90. The maximum atomic E-state index is 4.65. The van der Waals surface area contributed by atoms with Crippen molar-refractivity contribution in [3.8, 4) is 0 Å². The molecule has 0 aliphatic heterocycles. The van der Waals surface area contributed by atoms with Gasteiger partial charge in [0.05, 0.1) is 0 Å². The largest absolute Gasteiger partial charge is 0.324 e. The third-order valence-electron chi connectivity index (χ3n) is 3.69. The van der Waals surface area contributed by atoms with Crippen LogP contribution in [0, 0.1) is 5.41 Å². The molecule has 0 radical (unpaired) electrons. The lowest BCUT2D eigenvalue weighted by Gasteiger charge is -2.30. The number of para-hydroxylation sites is 1. The van der Waals surface area contributed by atoms with Gasteiger partial charge in [0, 0.05) is 17.6 Å². The molecule has 1 aromatic heterocycles. The molecule has 0 bridgehead atoms. The number of nitrogens with one attached hydrogen (secondary N) is 1. The van der Waals surface area contributed by atoms with Gasteiger partial charge < -0.3 is 5.32 Å². The van der Waals surface area contributed by atoms with Crippen LogP contribution in [0.25, 0.3) is 0 Å². The highest BCUT2D eigenvalue weighted by molar-refractivity contribution is 5.52. The molecule has 0 spiro atoms. The van der Waals surface area contributed by atoms with Gasteiger partial charge in [0.25, 0.3) is 0 Å². The van der Waals surface area contributed by atoms with Crippen LogP contribution < -0.4 is 5.32 Å². The first kappa shape index (κ1) is 12.2. The Morgan fingerprint density at radius 1 is 1.16 bits per heavy atom. The van der Waals surface area contributed by atoms with Gasteiger partial charge in [-0.3, -0.25) is 0 Å². The zero-order valence-electron chi connectivity index (χ0n) is 11.5. The fraction of sp³-hybridized carbons (Fsp3) is 0.375. The van der Waals surface area contributed by atoms with Gasteiger partial charge in [-0.05, 0) is 42.4 Å². The van der Waals surface area contributed by atoms with E-state index in [1.165, 1.54) is 17.7 Å². The van der Waals surface area contributed by atoms with Gasteiger partial charge in [0.1, 0.15) is 0 Å². The second kappa shape index (κ2) is 4.65. The normalized spacial score (nSPS) is 16.7. The van der Waals surface area contributed by atoms with Crippen LogP contribution >= 0.6 is 0 Å². The van der Waals surface area contributed by atoms with E-state index >= 15 is 0 Å². The Kier molecular flexibility index (Phi) is 2.97. The average Bonchev–Trinajstić information content (AvgIpc) is 2.39. The molecule has 19 heavy (non-hydrogen) atoms. The van der Waals surface area contributed by atoms with Crippen LogP contribution in [0.3, 0.4) is 0 Å². The maximum absolute atomic E-state index is 4.65. The Morgan fingerprint density at radius 3 is 2.74 bits per heavy atom. The van der Waals surface area contributed by atoms with Gasteiger partial charge in [0.2, 0.25) is 5.95 Å². The molecule has 2 aromatic rings. The van der Waals surface area contributed by atoms with Gasteiger partial charge >= 0.3 is 0 Å². The van der Waals surface area contributed by atoms with Gasteiger partial charge in [-0.15, -0.1) is 0 Å². The smallest absolute Gasteiger partial charge is 0.227 e. The summed E-state index contributed by atoms with van der Waals surface area (Å²) in [5.74, 6) is 0.699. The van der Waals surface area contributed by atoms with E-state index in [-0.39, 0.29) is 0 Å². The molecular weight excluding hydrogens is 234 g/mol. The van der Waals surface area contributed by atoms with E-state index < -0.39 is 0 Å². The highest BCUT2D eigenvalue weighted by Crippen LogP contribution is 2.33. The van der Waals surface area contributed by atoms with Crippen molar-refractivity contribution in [3.63, 3.8) is 0 Å². The summed E-state index contributed by atoms with van der Waals surface area (Å²) in [7, 11) is 0. The predicted molar refractivity (Wildman–Crippen MR) is 77.6 cm³/mol. The van der Waals surface area contributed by atoms with E-state index in [2.05, 4.69) is 29.1 Å². The summed E-state index contributed by atoms with van der Waals surface area (Å²) in [6, 6.07) is 10.0. The van der Waals surface area contributed by atoms with Crippen molar-refractivity contribution in [1.29, 1.82) is 0 Å². The van der Waals surface area contributed by atoms with E-state index in [0.717, 1.165) is 18.5 Å². The molecule has 1 heterocycles. The summed E-state index contributed by atoms with van der Waals surface area (Å²) in [5, 5.41) is 3.25. The monoisotopic (exact) mass is 253 g/mol. The van der Waals surface area contributed by atoms with Gasteiger partial charge in [-0.25, -0.2) is 9.97 Å². The molecule has 0 saturated carbocycles. The van der Waals surface area contributed by atoms with Gasteiger partial charge in [-0.2, -0.15) is 0 Å². The summed E-state index contributed by atoms with van der Waals surface area (Å²) < 4.78 is 0. The lowest BCUT2D eigenvalue weighted by Crippen LogP contribution is -2.23. The predicted octanol–water partition coefficient (Wildman–Crippen LogP) is 3.74. The molecule has 3 rings (SSSR count). The minimum Gasteiger partial charge on any atom is -0.324 e. The minimum atomic E-state index is 0.380. The quantitative estimate of drug-likeness (QED) is 0.886. The van der Waals surface area contributed by atoms with Crippen molar-refractivity contribution >= 4 is 11.6 Å². The lowest BCUT2D eigenvalue weighted by atomic mass is 9.76. The highest BCUT2D eigenvalue weighted by atomic mass is 15.1. The second-order valence-corrected chi connectivity index (χ2v) is 6.00. The fourth-order valence-corrected chi connectivity index (χ4v) is 2.58. The molecule has 3 nitrogen and oxygen atoms in total. The standard InChI is InChI=1S/C16H19N3/c1-16(2)9-8-14-12(10-16)11-17-15(19-14)18-13-6-4-3-5-7-13/h3-7,11H,8-10H2,1-2H3,(H,17,18,19). The molecule has 0 unspecified atom stereocenters. The maximum Gasteiger partial charge on any atom is 0.227 e. The van der Waals surface area contributed by atoms with E-state index in [9.17, 15) is 0 Å². The Labute approximate surface area is 114 Å². The number of aryl methyl sites for hydroxylation is 1. The molecule has 0 saturated heterocycles. The molecule has 0 fully saturated rings. The number of fused-ring (bicyclic) bond motifs is 1. The Balaban J connectivity index is 1.83. The Morgan fingerprint density at radius 2 is 1.95 bits per heavy atom. The minimum absolute atomic E-state index is 0.380. The summed E-state index contributed by atoms with van der Waals surface area (Å²) in [6.07, 6.45) is 5.30. The van der Waals surface area contributed by atoms with E-state index in [1.807, 2.05) is 36.5 Å². The zero-order valence-corrected chi connectivity index (χ0v) is 11.5.